The molecular formula is C27H33N3O4. The summed E-state index contributed by atoms with van der Waals surface area (Å²) in [6.45, 7) is 10.9. The smallest absolute Gasteiger partial charge is 0.261 e. The highest BCUT2D eigenvalue weighted by Gasteiger charge is 2.35. The van der Waals surface area contributed by atoms with Gasteiger partial charge in [0, 0.05) is 26.2 Å². The number of carbonyl (C=O) groups excluding carboxylic acids is 3. The summed E-state index contributed by atoms with van der Waals surface area (Å²) in [4.78, 5) is 44.4. The Morgan fingerprint density at radius 3 is 2.12 bits per heavy atom. The van der Waals surface area contributed by atoms with Crippen molar-refractivity contribution in [2.24, 2.45) is 5.41 Å². The number of amides is 3. The Hall–Kier alpha value is -3.19. The first-order valence-electron chi connectivity index (χ1n) is 11.8. The summed E-state index contributed by atoms with van der Waals surface area (Å²) in [5, 5.41) is 0. The molecule has 2 aromatic carbocycles. The van der Waals surface area contributed by atoms with Crippen LogP contribution in [0.2, 0.25) is 0 Å². The Balaban J connectivity index is 1.46. The quantitative estimate of drug-likeness (QED) is 0.611. The highest BCUT2D eigenvalue weighted by atomic mass is 16.5. The SMILES string of the molecule is COc1ccc(CN2C(=O)c3ccccc3C2=O)cc1C(=O)N1CCN(CCC(C)(C)C)CC1. The lowest BCUT2D eigenvalue weighted by molar-refractivity contribution is 0.0619. The van der Waals surface area contributed by atoms with Crippen molar-refractivity contribution in [3.63, 3.8) is 0 Å². The van der Waals surface area contributed by atoms with Gasteiger partial charge in [-0.2, -0.15) is 0 Å². The van der Waals surface area contributed by atoms with E-state index in [0.717, 1.165) is 26.1 Å². The second kappa shape index (κ2) is 9.58. The number of fused-ring (bicyclic) bond motifs is 1. The maximum atomic E-state index is 13.4. The van der Waals surface area contributed by atoms with Crippen LogP contribution in [0.15, 0.2) is 42.5 Å². The number of carbonyl (C=O) groups is 3. The molecule has 4 rings (SSSR count). The van der Waals surface area contributed by atoms with Gasteiger partial charge in [0.2, 0.25) is 0 Å². The summed E-state index contributed by atoms with van der Waals surface area (Å²) in [7, 11) is 1.54. The van der Waals surface area contributed by atoms with Gasteiger partial charge in [-0.15, -0.1) is 0 Å². The molecule has 0 N–H and O–H groups in total. The molecule has 2 aliphatic rings. The van der Waals surface area contributed by atoms with Gasteiger partial charge in [-0.05, 0) is 48.2 Å². The third-order valence-electron chi connectivity index (χ3n) is 6.55. The summed E-state index contributed by atoms with van der Waals surface area (Å²) >= 11 is 0. The fourth-order valence-corrected chi connectivity index (χ4v) is 4.42. The van der Waals surface area contributed by atoms with E-state index in [0.29, 0.717) is 46.5 Å². The van der Waals surface area contributed by atoms with Crippen molar-refractivity contribution in [1.82, 2.24) is 14.7 Å². The van der Waals surface area contributed by atoms with E-state index in [4.69, 9.17) is 4.74 Å². The van der Waals surface area contributed by atoms with E-state index in [1.165, 1.54) is 4.90 Å². The van der Waals surface area contributed by atoms with Gasteiger partial charge in [0.05, 0.1) is 30.3 Å². The highest BCUT2D eigenvalue weighted by Crippen LogP contribution is 2.27. The molecule has 0 bridgehead atoms. The van der Waals surface area contributed by atoms with Crippen LogP contribution < -0.4 is 4.74 Å². The van der Waals surface area contributed by atoms with E-state index >= 15 is 0 Å². The van der Waals surface area contributed by atoms with Crippen molar-refractivity contribution in [3.8, 4) is 5.75 Å². The Kier molecular flexibility index (Phi) is 6.75. The van der Waals surface area contributed by atoms with Crippen LogP contribution in [-0.4, -0.2) is 72.3 Å². The molecule has 0 radical (unpaired) electrons. The van der Waals surface area contributed by atoms with Crippen molar-refractivity contribution < 1.29 is 19.1 Å². The summed E-state index contributed by atoms with van der Waals surface area (Å²) in [5.74, 6) is -0.214. The van der Waals surface area contributed by atoms with Crippen LogP contribution in [0, 0.1) is 5.41 Å². The van der Waals surface area contributed by atoms with Crippen molar-refractivity contribution in [2.45, 2.75) is 33.7 Å². The number of benzene rings is 2. The molecule has 2 aliphatic heterocycles. The average molecular weight is 464 g/mol. The van der Waals surface area contributed by atoms with E-state index < -0.39 is 0 Å². The zero-order valence-electron chi connectivity index (χ0n) is 20.5. The molecule has 0 saturated carbocycles. The number of piperazine rings is 1. The molecule has 2 aromatic rings. The van der Waals surface area contributed by atoms with E-state index in [1.54, 1.807) is 49.6 Å². The molecule has 7 nitrogen and oxygen atoms in total. The first kappa shape index (κ1) is 24.0. The minimum absolute atomic E-state index is 0.0865. The molecule has 1 fully saturated rings. The lowest BCUT2D eigenvalue weighted by atomic mass is 9.92. The molecule has 0 aliphatic carbocycles. The highest BCUT2D eigenvalue weighted by molar-refractivity contribution is 6.21. The van der Waals surface area contributed by atoms with Gasteiger partial charge in [-0.25, -0.2) is 0 Å². The van der Waals surface area contributed by atoms with Crippen LogP contribution >= 0.6 is 0 Å². The van der Waals surface area contributed by atoms with Gasteiger partial charge in [0.15, 0.2) is 0 Å². The Labute approximate surface area is 201 Å². The molecule has 0 aromatic heterocycles. The minimum atomic E-state index is -0.310. The van der Waals surface area contributed by atoms with E-state index in [9.17, 15) is 14.4 Å². The van der Waals surface area contributed by atoms with Crippen LogP contribution in [-0.2, 0) is 6.54 Å². The van der Waals surface area contributed by atoms with Gasteiger partial charge in [0.25, 0.3) is 17.7 Å². The van der Waals surface area contributed by atoms with Gasteiger partial charge >= 0.3 is 0 Å². The van der Waals surface area contributed by atoms with E-state index in [-0.39, 0.29) is 24.3 Å². The van der Waals surface area contributed by atoms with Crippen molar-refractivity contribution in [3.05, 3.63) is 64.7 Å². The molecule has 7 heteroatoms. The fourth-order valence-electron chi connectivity index (χ4n) is 4.42. The molecule has 0 unspecified atom stereocenters. The molecule has 0 atom stereocenters. The number of nitrogens with zero attached hydrogens (tertiary/aromatic N) is 3. The van der Waals surface area contributed by atoms with Crippen LogP contribution in [0.3, 0.4) is 0 Å². The molecular weight excluding hydrogens is 430 g/mol. The van der Waals surface area contributed by atoms with Crippen LogP contribution in [0.5, 0.6) is 5.75 Å². The third kappa shape index (κ3) is 4.99. The van der Waals surface area contributed by atoms with Crippen LogP contribution in [0.25, 0.3) is 0 Å². The zero-order valence-corrected chi connectivity index (χ0v) is 20.5. The largest absolute Gasteiger partial charge is 0.496 e. The second-order valence-electron chi connectivity index (χ2n) is 10.2. The predicted molar refractivity (Wildman–Crippen MR) is 130 cm³/mol. The predicted octanol–water partition coefficient (Wildman–Crippen LogP) is 3.69. The number of imide groups is 1. The monoisotopic (exact) mass is 463 g/mol. The van der Waals surface area contributed by atoms with Crippen LogP contribution in [0.4, 0.5) is 0 Å². The molecule has 2 heterocycles. The normalized spacial score (nSPS) is 16.7. The first-order chi connectivity index (χ1) is 16.2. The maximum absolute atomic E-state index is 13.4. The summed E-state index contributed by atoms with van der Waals surface area (Å²) < 4.78 is 5.47. The summed E-state index contributed by atoms with van der Waals surface area (Å²) in [6, 6.07) is 12.1. The zero-order chi connectivity index (χ0) is 24.5. The van der Waals surface area contributed by atoms with Gasteiger partial charge < -0.3 is 9.64 Å². The van der Waals surface area contributed by atoms with E-state index in [1.807, 2.05) is 4.90 Å². The van der Waals surface area contributed by atoms with Gasteiger partial charge in [-0.3, -0.25) is 24.2 Å². The van der Waals surface area contributed by atoms with Crippen molar-refractivity contribution in [1.29, 1.82) is 0 Å². The van der Waals surface area contributed by atoms with Crippen molar-refractivity contribution in [2.75, 3.05) is 39.8 Å². The summed E-state index contributed by atoms with van der Waals surface area (Å²) in [6.07, 6.45) is 1.12. The minimum Gasteiger partial charge on any atom is -0.496 e. The number of ether oxygens (including phenoxy) is 1. The number of hydrogen-bond acceptors (Lipinski definition) is 5. The fraction of sp³-hybridized carbons (Fsp3) is 0.444. The molecule has 1 saturated heterocycles. The Morgan fingerprint density at radius 2 is 1.56 bits per heavy atom. The number of methoxy groups -OCH3 is 1. The van der Waals surface area contributed by atoms with Gasteiger partial charge in [0.1, 0.15) is 5.75 Å². The third-order valence-corrected chi connectivity index (χ3v) is 6.55. The van der Waals surface area contributed by atoms with Gasteiger partial charge in [-0.1, -0.05) is 39.0 Å². The lowest BCUT2D eigenvalue weighted by Crippen LogP contribution is -2.49. The van der Waals surface area contributed by atoms with Crippen molar-refractivity contribution >= 4 is 17.7 Å². The Bertz CT molecular complexity index is 1060. The average Bonchev–Trinajstić information content (AvgIpc) is 3.07. The topological polar surface area (TPSA) is 70.2 Å². The number of hydrogen-bond donors (Lipinski definition) is 0. The molecule has 0 spiro atoms. The standard InChI is InChI=1S/C27H33N3O4/c1-27(2,3)11-12-28-13-15-29(16-14-28)24(31)22-17-19(9-10-23(22)34-4)18-30-25(32)20-7-5-6-8-21(20)26(30)33/h5-10,17H,11-16,18H2,1-4H3. The number of rotatable bonds is 6. The maximum Gasteiger partial charge on any atom is 0.261 e. The first-order valence-corrected chi connectivity index (χ1v) is 11.8. The van der Waals surface area contributed by atoms with Crippen LogP contribution in [0.1, 0.15) is 63.8 Å². The molecule has 3 amide bonds. The second-order valence-corrected chi connectivity index (χ2v) is 10.2. The lowest BCUT2D eigenvalue weighted by Gasteiger charge is -2.36. The molecule has 180 valence electrons. The Morgan fingerprint density at radius 1 is 0.941 bits per heavy atom. The summed E-state index contributed by atoms with van der Waals surface area (Å²) in [5.41, 5.74) is 2.30. The molecule has 34 heavy (non-hydrogen) atoms. The van der Waals surface area contributed by atoms with E-state index in [2.05, 4.69) is 25.7 Å².